The molecule has 2 aliphatic rings. The van der Waals surface area contributed by atoms with Crippen LogP contribution in [0.3, 0.4) is 0 Å². The van der Waals surface area contributed by atoms with Crippen molar-refractivity contribution in [1.82, 2.24) is 44.1 Å². The molecule has 364 valence electrons. The summed E-state index contributed by atoms with van der Waals surface area (Å²) in [6.07, 6.45) is 9.51. The maximum Gasteiger partial charge on any atom is 0.333 e. The summed E-state index contributed by atoms with van der Waals surface area (Å²) in [7, 11) is 2.88. The molecule has 19 nitrogen and oxygen atoms in total. The van der Waals surface area contributed by atoms with Gasteiger partial charge in [0, 0.05) is 79.7 Å². The van der Waals surface area contributed by atoms with Gasteiger partial charge < -0.3 is 30.3 Å². The lowest BCUT2D eigenvalue weighted by Gasteiger charge is -2.17. The van der Waals surface area contributed by atoms with Gasteiger partial charge in [0.25, 0.3) is 20.0 Å². The number of carbonyl (C=O) groups excluding carboxylic acids is 1. The minimum Gasteiger partial charge on any atom is -0.481 e. The molecule has 0 bridgehead atoms. The molecule has 0 unspecified atom stereocenters. The molecule has 0 saturated carbocycles. The monoisotopic (exact) mass is 970 g/mol. The summed E-state index contributed by atoms with van der Waals surface area (Å²) in [5.74, 6) is 1.06. The molecule has 4 aromatic heterocycles. The molecular formula is C47H62N12O7S2. The number of methoxy groups -OCH3 is 2. The van der Waals surface area contributed by atoms with Gasteiger partial charge in [-0.05, 0) is 126 Å². The van der Waals surface area contributed by atoms with Crippen LogP contribution in [0.1, 0.15) is 60.3 Å². The first kappa shape index (κ1) is 51.0. The number of aryl methyl sites for hydroxylation is 4. The number of nitrogens with two attached hydrogens (primary N) is 2. The topological polar surface area (TPSA) is 248 Å². The molecule has 6 aromatic rings. The maximum atomic E-state index is 13.0. The van der Waals surface area contributed by atoms with Gasteiger partial charge in [-0.1, -0.05) is 24.3 Å². The van der Waals surface area contributed by atoms with Crippen LogP contribution < -0.4 is 30.4 Å². The van der Waals surface area contributed by atoms with Gasteiger partial charge in [-0.2, -0.15) is 18.6 Å². The summed E-state index contributed by atoms with van der Waals surface area (Å²) < 4.78 is 63.9. The molecule has 0 fully saturated rings. The summed E-state index contributed by atoms with van der Waals surface area (Å²) >= 11 is 0. The second-order valence-corrected chi connectivity index (χ2v) is 20.0. The smallest absolute Gasteiger partial charge is 0.333 e. The first-order valence-corrected chi connectivity index (χ1v) is 25.2. The van der Waals surface area contributed by atoms with Crippen LogP contribution in [0.25, 0.3) is 22.3 Å². The Bertz CT molecular complexity index is 2970. The van der Waals surface area contributed by atoms with Gasteiger partial charge in [0.2, 0.25) is 11.8 Å². The summed E-state index contributed by atoms with van der Waals surface area (Å²) in [6, 6.07) is 17.9. The van der Waals surface area contributed by atoms with E-state index in [2.05, 4.69) is 42.3 Å². The Morgan fingerprint density at radius 1 is 0.691 bits per heavy atom. The lowest BCUT2D eigenvalue weighted by molar-refractivity contribution is 0.256. The minimum absolute atomic E-state index is 0.0683. The highest BCUT2D eigenvalue weighted by Gasteiger charge is 2.26. The molecule has 0 aliphatic heterocycles. The number of aromatic nitrogens is 6. The highest BCUT2D eigenvalue weighted by molar-refractivity contribution is 7.90. The zero-order chi connectivity index (χ0) is 49.3. The molecule has 0 radical (unpaired) electrons. The number of anilines is 2. The van der Waals surface area contributed by atoms with Crippen molar-refractivity contribution in [3.05, 3.63) is 107 Å². The maximum absolute atomic E-state index is 13.0. The van der Waals surface area contributed by atoms with Crippen LogP contribution >= 0.6 is 0 Å². The van der Waals surface area contributed by atoms with Gasteiger partial charge >= 0.3 is 6.03 Å². The summed E-state index contributed by atoms with van der Waals surface area (Å²) in [6.45, 7) is 6.08. The van der Waals surface area contributed by atoms with Crippen LogP contribution in [0.15, 0.2) is 83.1 Å². The van der Waals surface area contributed by atoms with Gasteiger partial charge in [0.15, 0.2) is 10.1 Å². The van der Waals surface area contributed by atoms with E-state index in [-0.39, 0.29) is 10.1 Å². The van der Waals surface area contributed by atoms with Crippen molar-refractivity contribution in [2.24, 2.45) is 5.14 Å². The Labute approximate surface area is 399 Å². The van der Waals surface area contributed by atoms with Crippen LogP contribution in [-0.4, -0.2) is 105 Å². The molecule has 21 heteroatoms. The number of rotatable bonds is 14. The third kappa shape index (κ3) is 12.4. The van der Waals surface area contributed by atoms with E-state index >= 15 is 0 Å². The molecule has 68 heavy (non-hydrogen) atoms. The fraction of sp³-hybridized carbons (Fsp3) is 0.383. The van der Waals surface area contributed by atoms with Gasteiger partial charge in [0.1, 0.15) is 0 Å². The van der Waals surface area contributed by atoms with Crippen molar-refractivity contribution in [2.75, 3.05) is 53.5 Å². The van der Waals surface area contributed by atoms with Crippen LogP contribution in [0.4, 0.5) is 16.2 Å². The van der Waals surface area contributed by atoms with E-state index in [9.17, 15) is 21.6 Å². The number of nitrogens with one attached hydrogen (secondary N) is 2. The fourth-order valence-electron chi connectivity index (χ4n) is 8.27. The molecule has 0 saturated heterocycles. The first-order chi connectivity index (χ1) is 32.3. The molecule has 0 spiro atoms. The van der Waals surface area contributed by atoms with Gasteiger partial charge in [-0.25, -0.2) is 33.0 Å². The van der Waals surface area contributed by atoms with Crippen LogP contribution in [0.5, 0.6) is 11.8 Å². The summed E-state index contributed by atoms with van der Waals surface area (Å²) in [5, 5.41) is 15.7. The average molecular weight is 971 g/mol. The third-order valence-corrected chi connectivity index (χ3v) is 13.4. The highest BCUT2D eigenvalue weighted by Crippen LogP contribution is 2.39. The molecule has 4 heterocycles. The number of ether oxygens (including phenoxy) is 2. The molecule has 0 atom stereocenters. The number of amides is 2. The number of carbonyl (C=O) groups is 1. The Balaban J connectivity index is 0.000000191. The number of primary sulfonamides is 1. The molecule has 6 N–H and O–H groups in total. The van der Waals surface area contributed by atoms with E-state index in [1.54, 1.807) is 34.9 Å². The SMILES string of the molecule is CCn1nc(S(=O)(=O)NC(=O)Nc2c(-c3ccnc(OC)c3)ccc3c2CCC3)cc1CN(C)C.CCn1nc(S(N)(=O)=O)cc1CN(C)C.COc1cc(-c2ccc3c(c2N)CCC3)ccn1. The molecular weight excluding hydrogens is 909 g/mol. The van der Waals surface area contributed by atoms with Crippen LogP contribution in [-0.2, 0) is 71.9 Å². The van der Waals surface area contributed by atoms with E-state index in [1.165, 1.54) is 36.8 Å². The standard InChI is InChI=1S/C24H30N6O4S.C15H16N2O.C8H16N4O2S/c1-5-30-18(15-29(2)3)14-22(27-30)35(32,33)28-24(31)26-23-19-8-6-7-16(19)9-10-20(23)17-11-12-25-21(13-17)34-4;1-18-14-9-11(7-8-17-14)13-6-5-10-3-2-4-12(10)15(13)16;1-4-12-7(6-11(2)3)5-8(10-12)15(9,13)14/h9-14H,5-8,15H2,1-4H3,(H2,26,28,31);5-9H,2-4,16H2,1H3;5H,4,6H2,1-3H3,(H2,9,13,14). The lowest BCUT2D eigenvalue weighted by atomic mass is 9.98. The number of sulfonamides is 2. The predicted molar refractivity (Wildman–Crippen MR) is 262 cm³/mol. The average Bonchev–Trinajstić information content (AvgIpc) is 4.14. The molecule has 2 amide bonds. The second-order valence-electron chi connectivity index (χ2n) is 16.8. The summed E-state index contributed by atoms with van der Waals surface area (Å²) in [4.78, 5) is 25.1. The normalized spacial score (nSPS) is 13.0. The summed E-state index contributed by atoms with van der Waals surface area (Å²) in [5.41, 5.74) is 18.0. The predicted octanol–water partition coefficient (Wildman–Crippen LogP) is 5.47. The molecule has 2 aromatic carbocycles. The van der Waals surface area contributed by atoms with Crippen molar-refractivity contribution in [3.8, 4) is 34.0 Å². The van der Waals surface area contributed by atoms with E-state index in [0.717, 1.165) is 82.6 Å². The number of fused-ring (bicyclic) bond motifs is 2. The van der Waals surface area contributed by atoms with Crippen molar-refractivity contribution < 1.29 is 31.1 Å². The number of urea groups is 1. The zero-order valence-corrected chi connectivity index (χ0v) is 41.5. The Kier molecular flexibility index (Phi) is 16.6. The van der Waals surface area contributed by atoms with E-state index in [0.29, 0.717) is 43.6 Å². The quantitative estimate of drug-likeness (QED) is 0.0989. The van der Waals surface area contributed by atoms with Gasteiger partial charge in [-0.15, -0.1) is 0 Å². The Morgan fingerprint density at radius 2 is 1.18 bits per heavy atom. The second kappa shape index (κ2) is 22.1. The van der Waals surface area contributed by atoms with E-state index in [1.807, 2.05) is 82.2 Å². The largest absolute Gasteiger partial charge is 0.481 e. The molecule has 2 aliphatic carbocycles. The lowest BCUT2D eigenvalue weighted by Crippen LogP contribution is -2.35. The van der Waals surface area contributed by atoms with E-state index < -0.39 is 26.1 Å². The van der Waals surface area contributed by atoms with Crippen LogP contribution in [0.2, 0.25) is 0 Å². The van der Waals surface area contributed by atoms with Crippen molar-refractivity contribution >= 4 is 37.5 Å². The zero-order valence-electron chi connectivity index (χ0n) is 39.9. The Morgan fingerprint density at radius 3 is 1.69 bits per heavy atom. The Hall–Kier alpha value is -6.39. The van der Waals surface area contributed by atoms with Crippen LogP contribution in [0, 0.1) is 0 Å². The number of nitrogens with zero attached hydrogens (tertiary/aromatic N) is 8. The van der Waals surface area contributed by atoms with Gasteiger partial charge in [-0.3, -0.25) is 9.36 Å². The number of pyridine rings is 2. The van der Waals surface area contributed by atoms with E-state index in [4.69, 9.17) is 20.3 Å². The third-order valence-electron chi connectivity index (χ3n) is 11.4. The van der Waals surface area contributed by atoms with Crippen molar-refractivity contribution in [2.45, 2.75) is 88.6 Å². The molecule has 8 rings (SSSR count). The minimum atomic E-state index is -4.17. The number of benzene rings is 2. The number of hydrogen-bond donors (Lipinski definition) is 4. The highest BCUT2D eigenvalue weighted by atomic mass is 32.2. The van der Waals surface area contributed by atoms with Crippen molar-refractivity contribution in [3.63, 3.8) is 0 Å². The fourth-order valence-corrected chi connectivity index (χ4v) is 9.68. The van der Waals surface area contributed by atoms with Crippen molar-refractivity contribution in [1.29, 1.82) is 0 Å². The number of nitrogen functional groups attached to an aromatic ring is 1. The van der Waals surface area contributed by atoms with Gasteiger partial charge in [0.05, 0.1) is 31.3 Å². The first-order valence-electron chi connectivity index (χ1n) is 22.2. The number of hydrogen-bond acceptors (Lipinski definition) is 14.